The molecule has 0 rings (SSSR count). The summed E-state index contributed by atoms with van der Waals surface area (Å²) in [5, 5.41) is 10.9. The Morgan fingerprint density at radius 2 is 1.64 bits per heavy atom. The lowest BCUT2D eigenvalue weighted by Crippen LogP contribution is -1.97. The van der Waals surface area contributed by atoms with Gasteiger partial charge in [0.25, 0.3) is 0 Å². The average molecular weight is 307 g/mol. The van der Waals surface area contributed by atoms with Crippen LogP contribution in [-0.4, -0.2) is 11.2 Å². The molecule has 22 heavy (non-hydrogen) atoms. The van der Waals surface area contributed by atoms with E-state index in [0.29, 0.717) is 19.3 Å². The molecule has 0 aliphatic rings. The maximum absolute atomic E-state index is 10.9. The minimum Gasteiger partial charge on any atom is -0.303 e. The van der Waals surface area contributed by atoms with E-state index in [1.54, 1.807) is 6.08 Å². The van der Waals surface area contributed by atoms with E-state index in [1.165, 1.54) is 0 Å². The predicted octanol–water partition coefficient (Wildman–Crippen LogP) is 5.38. The first-order chi connectivity index (χ1) is 10.7. The maximum Gasteiger partial charge on any atom is 0.246 e. The largest absolute Gasteiger partial charge is 0.303 e. The summed E-state index contributed by atoms with van der Waals surface area (Å²) in [5.74, 6) is 0. The number of carbonyl (C=O) groups is 1. The minimum absolute atomic E-state index is 0.269. The number of nitro groups is 1. The summed E-state index contributed by atoms with van der Waals surface area (Å²) in [4.78, 5) is 20.8. The van der Waals surface area contributed by atoms with Crippen LogP contribution in [0.1, 0.15) is 71.1 Å². The Hall–Kier alpha value is -1.71. The lowest BCUT2D eigenvalue weighted by Gasteiger charge is -1.97. The third-order valence-corrected chi connectivity index (χ3v) is 3.31. The second kappa shape index (κ2) is 15.7. The predicted molar refractivity (Wildman–Crippen MR) is 91.3 cm³/mol. The van der Waals surface area contributed by atoms with Gasteiger partial charge < -0.3 is 4.79 Å². The van der Waals surface area contributed by atoms with Crippen molar-refractivity contribution in [3.8, 4) is 0 Å². The van der Waals surface area contributed by atoms with Gasteiger partial charge in [-0.3, -0.25) is 10.1 Å². The third-order valence-electron chi connectivity index (χ3n) is 3.31. The molecule has 0 bridgehead atoms. The van der Waals surface area contributed by atoms with Crippen molar-refractivity contribution in [1.82, 2.24) is 0 Å². The molecule has 0 fully saturated rings. The van der Waals surface area contributed by atoms with Crippen molar-refractivity contribution in [3.05, 3.63) is 46.2 Å². The number of unbranched alkanes of at least 4 members (excludes halogenated alkanes) is 6. The van der Waals surface area contributed by atoms with Crippen LogP contribution in [0.5, 0.6) is 0 Å². The molecule has 0 atom stereocenters. The molecule has 0 radical (unpaired) electrons. The standard InChI is InChI=1S/C18H29NO3/c1-2-3-4-12-15-18(19(21)22)16-13-10-8-6-5-7-9-11-14-17-20/h3-4,10,13,15,17H,2,5-9,11-12,14,16H2,1H3/b4-3+,13-10+,18-15-. The molecule has 0 heterocycles. The Labute approximate surface area is 134 Å². The highest BCUT2D eigenvalue weighted by Crippen LogP contribution is 2.09. The van der Waals surface area contributed by atoms with Crippen LogP contribution >= 0.6 is 0 Å². The first-order valence-corrected chi connectivity index (χ1v) is 8.29. The topological polar surface area (TPSA) is 60.2 Å². The zero-order valence-corrected chi connectivity index (χ0v) is 13.7. The van der Waals surface area contributed by atoms with Crippen LogP contribution in [-0.2, 0) is 4.79 Å². The maximum atomic E-state index is 10.9. The number of carbonyl (C=O) groups excluding carboxylic acids is 1. The van der Waals surface area contributed by atoms with Gasteiger partial charge in [-0.25, -0.2) is 0 Å². The minimum atomic E-state index is -0.294. The monoisotopic (exact) mass is 307 g/mol. The first-order valence-electron chi connectivity index (χ1n) is 8.29. The average Bonchev–Trinajstić information content (AvgIpc) is 2.50. The lowest BCUT2D eigenvalue weighted by molar-refractivity contribution is -0.427. The van der Waals surface area contributed by atoms with Crippen molar-refractivity contribution in [2.75, 3.05) is 0 Å². The Morgan fingerprint density at radius 3 is 2.27 bits per heavy atom. The van der Waals surface area contributed by atoms with Crippen LogP contribution in [0, 0.1) is 10.1 Å². The number of nitrogens with zero attached hydrogens (tertiary/aromatic N) is 1. The molecule has 0 saturated heterocycles. The van der Waals surface area contributed by atoms with E-state index >= 15 is 0 Å². The van der Waals surface area contributed by atoms with E-state index in [4.69, 9.17) is 0 Å². The Bertz CT molecular complexity index is 384. The fraction of sp³-hybridized carbons (Fsp3) is 0.611. The van der Waals surface area contributed by atoms with E-state index in [1.807, 2.05) is 31.2 Å². The summed E-state index contributed by atoms with van der Waals surface area (Å²) >= 11 is 0. The summed E-state index contributed by atoms with van der Waals surface area (Å²) < 4.78 is 0. The molecule has 0 aliphatic heterocycles. The molecular formula is C18H29NO3. The molecule has 0 N–H and O–H groups in total. The zero-order valence-electron chi connectivity index (χ0n) is 13.7. The number of hydrogen-bond acceptors (Lipinski definition) is 3. The van der Waals surface area contributed by atoms with Gasteiger partial charge in [0, 0.05) is 6.42 Å². The van der Waals surface area contributed by atoms with Crippen molar-refractivity contribution in [2.45, 2.75) is 71.1 Å². The van der Waals surface area contributed by atoms with Crippen LogP contribution in [0.15, 0.2) is 36.1 Å². The second-order valence-corrected chi connectivity index (χ2v) is 5.26. The van der Waals surface area contributed by atoms with Crippen LogP contribution in [0.3, 0.4) is 0 Å². The van der Waals surface area contributed by atoms with Gasteiger partial charge in [0.05, 0.1) is 11.3 Å². The normalized spacial score (nSPS) is 12.3. The zero-order chi connectivity index (χ0) is 16.5. The van der Waals surface area contributed by atoms with Crippen molar-refractivity contribution >= 4 is 6.29 Å². The fourth-order valence-electron chi connectivity index (χ4n) is 2.04. The Morgan fingerprint density at radius 1 is 0.955 bits per heavy atom. The number of hydrogen-bond donors (Lipinski definition) is 0. The highest BCUT2D eigenvalue weighted by Gasteiger charge is 2.06. The molecule has 4 heteroatoms. The summed E-state index contributed by atoms with van der Waals surface area (Å²) in [7, 11) is 0. The molecule has 0 aromatic carbocycles. The molecule has 0 unspecified atom stereocenters. The van der Waals surface area contributed by atoms with Crippen molar-refractivity contribution in [2.24, 2.45) is 0 Å². The summed E-state index contributed by atoms with van der Waals surface area (Å²) in [6.45, 7) is 2.04. The van der Waals surface area contributed by atoms with Gasteiger partial charge in [-0.15, -0.1) is 0 Å². The second-order valence-electron chi connectivity index (χ2n) is 5.26. The van der Waals surface area contributed by atoms with E-state index in [0.717, 1.165) is 51.2 Å². The van der Waals surface area contributed by atoms with Gasteiger partial charge >= 0.3 is 0 Å². The van der Waals surface area contributed by atoms with Crippen molar-refractivity contribution in [1.29, 1.82) is 0 Å². The van der Waals surface area contributed by atoms with Gasteiger partial charge in [-0.05, 0) is 38.2 Å². The Balaban J connectivity index is 3.80. The fourth-order valence-corrected chi connectivity index (χ4v) is 2.04. The SMILES string of the molecule is CC/C=C/C/C=C(/C/C=C/CCCCCCCC=O)[N+](=O)[O-]. The van der Waals surface area contributed by atoms with Crippen LogP contribution in [0.2, 0.25) is 0 Å². The van der Waals surface area contributed by atoms with Gasteiger partial charge in [-0.2, -0.15) is 0 Å². The summed E-state index contributed by atoms with van der Waals surface area (Å²) in [6.07, 6.45) is 19.7. The van der Waals surface area contributed by atoms with Crippen molar-refractivity contribution in [3.63, 3.8) is 0 Å². The van der Waals surface area contributed by atoms with E-state index in [2.05, 4.69) is 0 Å². The van der Waals surface area contributed by atoms with Crippen LogP contribution in [0.25, 0.3) is 0 Å². The number of allylic oxidation sites excluding steroid dienone is 5. The van der Waals surface area contributed by atoms with E-state index < -0.39 is 0 Å². The molecule has 0 aromatic heterocycles. The summed E-state index contributed by atoms with van der Waals surface area (Å²) in [5.41, 5.74) is 0.269. The van der Waals surface area contributed by atoms with Crippen LogP contribution in [0.4, 0.5) is 0 Å². The highest BCUT2D eigenvalue weighted by atomic mass is 16.6. The number of rotatable bonds is 14. The van der Waals surface area contributed by atoms with E-state index in [9.17, 15) is 14.9 Å². The van der Waals surface area contributed by atoms with Crippen molar-refractivity contribution < 1.29 is 9.72 Å². The highest BCUT2D eigenvalue weighted by molar-refractivity contribution is 5.48. The third kappa shape index (κ3) is 13.3. The summed E-state index contributed by atoms with van der Waals surface area (Å²) in [6, 6.07) is 0. The molecule has 0 aromatic rings. The molecule has 0 saturated carbocycles. The molecular weight excluding hydrogens is 278 g/mol. The molecule has 124 valence electrons. The first kappa shape index (κ1) is 20.3. The van der Waals surface area contributed by atoms with Gasteiger partial charge in [-0.1, -0.05) is 50.5 Å². The molecule has 0 amide bonds. The van der Waals surface area contributed by atoms with E-state index in [-0.39, 0.29) is 10.6 Å². The molecule has 4 nitrogen and oxygen atoms in total. The molecule has 0 spiro atoms. The van der Waals surface area contributed by atoms with Gasteiger partial charge in [0.1, 0.15) is 6.29 Å². The Kier molecular flexibility index (Phi) is 14.5. The van der Waals surface area contributed by atoms with Crippen LogP contribution < -0.4 is 0 Å². The van der Waals surface area contributed by atoms with Gasteiger partial charge in [0.15, 0.2) is 0 Å². The lowest BCUT2D eigenvalue weighted by atomic mass is 10.1. The quantitative estimate of drug-likeness (QED) is 0.142. The smallest absolute Gasteiger partial charge is 0.246 e. The number of aldehydes is 1. The van der Waals surface area contributed by atoms with Gasteiger partial charge in [0.2, 0.25) is 5.70 Å². The molecule has 0 aliphatic carbocycles.